The van der Waals surface area contributed by atoms with E-state index in [-0.39, 0.29) is 23.6 Å². The van der Waals surface area contributed by atoms with Crippen LogP contribution in [0.15, 0.2) is 133 Å². The minimum absolute atomic E-state index is 0.0888. The lowest BCUT2D eigenvalue weighted by Gasteiger charge is -2.39. The molecule has 5 aromatic carbocycles. The van der Waals surface area contributed by atoms with Crippen LogP contribution in [0, 0.1) is 11.8 Å². The number of para-hydroxylation sites is 1. The largest absolute Gasteiger partial charge is 0.497 e. The van der Waals surface area contributed by atoms with Crippen molar-refractivity contribution in [3.63, 3.8) is 0 Å². The van der Waals surface area contributed by atoms with E-state index in [0.717, 1.165) is 4.90 Å². The molecule has 4 atom stereocenters. The highest BCUT2D eigenvalue weighted by Gasteiger charge is 2.82. The van der Waals surface area contributed by atoms with Crippen molar-refractivity contribution < 1.29 is 33.4 Å². The van der Waals surface area contributed by atoms with Crippen molar-refractivity contribution in [3.05, 3.63) is 161 Å². The summed E-state index contributed by atoms with van der Waals surface area (Å²) < 4.78 is 16.4. The molecule has 1 saturated carbocycles. The van der Waals surface area contributed by atoms with E-state index in [1.54, 1.807) is 45.4 Å². The molecule has 1 aliphatic heterocycles. The molecule has 2 aliphatic carbocycles. The number of allylic oxidation sites excluding steroid dienone is 2. The van der Waals surface area contributed by atoms with E-state index in [1.165, 1.54) is 0 Å². The Bertz CT molecular complexity index is 2130. The molecule has 1 heterocycles. The van der Waals surface area contributed by atoms with Crippen LogP contribution in [0.5, 0.6) is 11.5 Å². The fourth-order valence-corrected chi connectivity index (χ4v) is 8.93. The first-order valence-corrected chi connectivity index (χ1v) is 17.2. The second-order valence-corrected chi connectivity index (χ2v) is 13.1. The van der Waals surface area contributed by atoms with Crippen molar-refractivity contribution in [1.82, 2.24) is 0 Å². The highest BCUT2D eigenvalue weighted by atomic mass is 16.5. The molecule has 8 rings (SSSR count). The predicted octanol–water partition coefficient (Wildman–Crippen LogP) is 7.07. The normalized spacial score (nSPS) is 23.2. The van der Waals surface area contributed by atoms with Gasteiger partial charge in [-0.2, -0.15) is 0 Å². The van der Waals surface area contributed by atoms with Crippen LogP contribution in [0.4, 0.5) is 5.69 Å². The molecule has 1 saturated heterocycles. The summed E-state index contributed by atoms with van der Waals surface area (Å²) in [4.78, 5) is 61.3. The molecule has 2 fully saturated rings. The SMILES string of the molecule is CCOC(=O)c1ccccc1N1C(=O)[C@H]2[C@H](C1=O)[C@@]1(c3ccccc3)C(=O)[C@@]2(c2ccccc2)C(c2ccc(OC)cc2)=C1c1ccc(OC)cc1. The molecule has 0 N–H and O–H groups in total. The summed E-state index contributed by atoms with van der Waals surface area (Å²) in [7, 11) is 3.17. The number of fused-ring (bicyclic) bond motifs is 5. The quantitative estimate of drug-likeness (QED) is 0.121. The fourth-order valence-electron chi connectivity index (χ4n) is 8.93. The van der Waals surface area contributed by atoms with Gasteiger partial charge in [0, 0.05) is 0 Å². The van der Waals surface area contributed by atoms with Gasteiger partial charge in [-0.25, -0.2) is 9.69 Å². The van der Waals surface area contributed by atoms with Crippen molar-refractivity contribution in [2.45, 2.75) is 17.8 Å². The number of nitrogens with zero attached hydrogens (tertiary/aromatic N) is 1. The molecular formula is C44H35NO7. The van der Waals surface area contributed by atoms with Crippen LogP contribution >= 0.6 is 0 Å². The maximum absolute atomic E-state index is 16.1. The Kier molecular flexibility index (Phi) is 7.90. The minimum atomic E-state index is -1.61. The van der Waals surface area contributed by atoms with Crippen molar-refractivity contribution in [3.8, 4) is 11.5 Å². The minimum Gasteiger partial charge on any atom is -0.497 e. The Morgan fingerprint density at radius 3 is 1.44 bits per heavy atom. The Morgan fingerprint density at radius 1 is 0.596 bits per heavy atom. The van der Waals surface area contributed by atoms with E-state index in [4.69, 9.17) is 14.2 Å². The second-order valence-electron chi connectivity index (χ2n) is 13.1. The number of hydrogen-bond donors (Lipinski definition) is 0. The Hall–Kier alpha value is -6.28. The summed E-state index contributed by atoms with van der Waals surface area (Å²) in [5.41, 5.74) is 0.917. The molecule has 5 aromatic rings. The first-order valence-electron chi connectivity index (χ1n) is 17.2. The van der Waals surface area contributed by atoms with Crippen LogP contribution in [0.25, 0.3) is 11.1 Å². The molecule has 0 unspecified atom stereocenters. The number of imide groups is 1. The zero-order valence-corrected chi connectivity index (χ0v) is 28.9. The van der Waals surface area contributed by atoms with Crippen LogP contribution in [-0.4, -0.2) is 44.4 Å². The number of rotatable bonds is 9. The van der Waals surface area contributed by atoms with Crippen molar-refractivity contribution in [1.29, 1.82) is 0 Å². The lowest BCUT2D eigenvalue weighted by Crippen LogP contribution is -2.46. The number of carbonyl (C=O) groups excluding carboxylic acids is 4. The zero-order valence-electron chi connectivity index (χ0n) is 28.9. The Morgan fingerprint density at radius 2 is 1.02 bits per heavy atom. The van der Waals surface area contributed by atoms with E-state index < -0.39 is 40.4 Å². The van der Waals surface area contributed by atoms with Gasteiger partial charge < -0.3 is 14.2 Å². The summed E-state index contributed by atoms with van der Waals surface area (Å²) in [5.74, 6) is -3.05. The molecule has 8 nitrogen and oxygen atoms in total. The number of hydrogen-bond acceptors (Lipinski definition) is 7. The lowest BCUT2D eigenvalue weighted by atomic mass is 9.59. The summed E-state index contributed by atoms with van der Waals surface area (Å²) in [6.07, 6.45) is 0. The maximum atomic E-state index is 16.1. The maximum Gasteiger partial charge on any atom is 0.340 e. The number of methoxy groups -OCH3 is 2. The molecule has 8 heteroatoms. The molecule has 3 aliphatic rings. The standard InChI is InChI=1S/C44H35NO7/c1-4-52-41(48)33-17-11-12-18-34(33)45-39(46)37-38(40(45)47)44(30-15-9-6-10-16-30)36(28-21-25-32(51-3)26-22-28)35(27-19-23-31(50-2)24-20-27)43(37,42(44)49)29-13-7-5-8-14-29/h5-26,37-38H,4H2,1-3H3/t37-,38-,43+,44+/m1/s1. The van der Waals surface area contributed by atoms with Crippen molar-refractivity contribution in [2.24, 2.45) is 11.8 Å². The predicted molar refractivity (Wildman–Crippen MR) is 196 cm³/mol. The molecule has 2 amide bonds. The molecule has 0 spiro atoms. The van der Waals surface area contributed by atoms with Gasteiger partial charge in [-0.05, 0) is 76.7 Å². The first-order chi connectivity index (χ1) is 25.3. The smallest absolute Gasteiger partial charge is 0.340 e. The number of Topliss-reactive ketones (excluding diaryl/α,β-unsaturated/α-hetero) is 1. The van der Waals surface area contributed by atoms with Gasteiger partial charge in [-0.1, -0.05) is 97.1 Å². The van der Waals surface area contributed by atoms with Crippen LogP contribution in [0.2, 0.25) is 0 Å². The second kappa shape index (κ2) is 12.5. The number of esters is 1. The zero-order chi connectivity index (χ0) is 36.2. The van der Waals surface area contributed by atoms with E-state index in [9.17, 15) is 4.79 Å². The van der Waals surface area contributed by atoms with Crippen LogP contribution in [0.3, 0.4) is 0 Å². The average molecular weight is 690 g/mol. The molecule has 52 heavy (non-hydrogen) atoms. The average Bonchev–Trinajstić information content (AvgIpc) is 3.70. The van der Waals surface area contributed by atoms with E-state index in [2.05, 4.69) is 0 Å². The lowest BCUT2D eigenvalue weighted by molar-refractivity contribution is -0.130. The third-order valence-electron chi connectivity index (χ3n) is 10.9. The van der Waals surface area contributed by atoms with E-state index in [0.29, 0.717) is 44.9 Å². The number of benzene rings is 5. The third kappa shape index (κ3) is 4.33. The fraction of sp³-hybridized carbons (Fsp3) is 0.182. The number of ether oxygens (including phenoxy) is 3. The monoisotopic (exact) mass is 689 g/mol. The highest BCUT2D eigenvalue weighted by molar-refractivity contribution is 6.39. The van der Waals surface area contributed by atoms with E-state index >= 15 is 14.4 Å². The summed E-state index contributed by atoms with van der Waals surface area (Å²) >= 11 is 0. The molecule has 258 valence electrons. The van der Waals surface area contributed by atoms with Crippen molar-refractivity contribution >= 4 is 40.4 Å². The summed E-state index contributed by atoms with van der Waals surface area (Å²) in [6.45, 7) is 1.81. The number of carbonyl (C=O) groups is 4. The van der Waals surface area contributed by atoms with E-state index in [1.807, 2.05) is 109 Å². The number of amides is 2. The van der Waals surface area contributed by atoms with Crippen LogP contribution < -0.4 is 14.4 Å². The van der Waals surface area contributed by atoms with Gasteiger partial charge in [-0.3, -0.25) is 14.4 Å². The van der Waals surface area contributed by atoms with Gasteiger partial charge in [-0.15, -0.1) is 0 Å². The van der Waals surface area contributed by atoms with Gasteiger partial charge in [0.15, 0.2) is 5.78 Å². The van der Waals surface area contributed by atoms with Crippen molar-refractivity contribution in [2.75, 3.05) is 25.7 Å². The Labute approximate surface area is 301 Å². The summed E-state index contributed by atoms with van der Waals surface area (Å²) in [5, 5.41) is 0. The third-order valence-corrected chi connectivity index (χ3v) is 10.9. The van der Waals surface area contributed by atoms with Gasteiger partial charge in [0.05, 0.1) is 54.7 Å². The molecule has 0 radical (unpaired) electrons. The van der Waals surface area contributed by atoms with Crippen LogP contribution in [0.1, 0.15) is 39.5 Å². The first kappa shape index (κ1) is 32.9. The molecule has 2 bridgehead atoms. The van der Waals surface area contributed by atoms with Gasteiger partial charge in [0.25, 0.3) is 0 Å². The topological polar surface area (TPSA) is 99.2 Å². The van der Waals surface area contributed by atoms with Gasteiger partial charge >= 0.3 is 5.97 Å². The number of ketones is 1. The van der Waals surface area contributed by atoms with Crippen LogP contribution in [-0.2, 0) is 30.0 Å². The highest BCUT2D eigenvalue weighted by Crippen LogP contribution is 2.74. The molecule has 0 aromatic heterocycles. The van der Waals surface area contributed by atoms with Gasteiger partial charge in [0.2, 0.25) is 11.8 Å². The van der Waals surface area contributed by atoms with Gasteiger partial charge in [0.1, 0.15) is 11.5 Å². The number of anilines is 1. The summed E-state index contributed by atoms with van der Waals surface area (Å²) in [6, 6.07) is 40.0. The Balaban J connectivity index is 1.52. The molecular weight excluding hydrogens is 654 g/mol.